The van der Waals surface area contributed by atoms with Gasteiger partial charge in [-0.1, -0.05) is 6.07 Å². The minimum Gasteiger partial charge on any atom is -0.469 e. The summed E-state index contributed by atoms with van der Waals surface area (Å²) in [4.78, 5) is 21.2. The zero-order chi connectivity index (χ0) is 21.9. The van der Waals surface area contributed by atoms with E-state index in [9.17, 15) is 13.6 Å². The fourth-order valence-electron chi connectivity index (χ4n) is 2.66. The summed E-state index contributed by atoms with van der Waals surface area (Å²) >= 11 is 3.28. The van der Waals surface area contributed by atoms with Crippen molar-refractivity contribution >= 4 is 27.7 Å². The number of benzene rings is 1. The molecule has 2 aromatic heterocycles. The van der Waals surface area contributed by atoms with Gasteiger partial charge in [0.2, 0.25) is 0 Å². The van der Waals surface area contributed by atoms with Crippen LogP contribution in [0.25, 0.3) is 11.3 Å². The number of hydrogen-bond donors (Lipinski definition) is 1. The molecule has 0 radical (unpaired) electrons. The van der Waals surface area contributed by atoms with E-state index >= 15 is 0 Å². The standard InChI is InChI=1S/C21H20BrF2N3O3/c1-21(2,3)30-20(28)15(10-12-6-5-9-29-12)27-19-18(22)26-16(11-25-19)13-7-4-8-14(23)17(13)24/h4-9,11,15H,10H2,1-3H3,(H,25,27). The minimum atomic E-state index is -1.01. The summed E-state index contributed by atoms with van der Waals surface area (Å²) in [6.07, 6.45) is 3.03. The van der Waals surface area contributed by atoms with Crippen LogP contribution in [0, 0.1) is 11.6 Å². The van der Waals surface area contributed by atoms with Gasteiger partial charge in [0.15, 0.2) is 17.5 Å². The summed E-state index contributed by atoms with van der Waals surface area (Å²) in [5.74, 6) is -1.65. The van der Waals surface area contributed by atoms with Crippen LogP contribution in [0.4, 0.5) is 14.6 Å². The first-order valence-corrected chi connectivity index (χ1v) is 9.92. The predicted octanol–water partition coefficient (Wildman–Crippen LogP) is 5.14. The van der Waals surface area contributed by atoms with Crippen molar-refractivity contribution in [2.75, 3.05) is 5.32 Å². The molecule has 2 heterocycles. The van der Waals surface area contributed by atoms with E-state index in [1.54, 1.807) is 32.9 Å². The molecule has 1 N–H and O–H groups in total. The largest absolute Gasteiger partial charge is 0.469 e. The zero-order valence-corrected chi connectivity index (χ0v) is 18.2. The van der Waals surface area contributed by atoms with Gasteiger partial charge in [0, 0.05) is 12.0 Å². The molecule has 30 heavy (non-hydrogen) atoms. The monoisotopic (exact) mass is 479 g/mol. The molecule has 0 amide bonds. The van der Waals surface area contributed by atoms with Gasteiger partial charge in [0.05, 0.1) is 18.2 Å². The fourth-order valence-corrected chi connectivity index (χ4v) is 3.06. The lowest BCUT2D eigenvalue weighted by atomic mass is 10.1. The molecule has 1 unspecified atom stereocenters. The molecule has 6 nitrogen and oxygen atoms in total. The number of nitrogens with one attached hydrogen (secondary N) is 1. The first kappa shape index (κ1) is 21.9. The molecule has 158 valence electrons. The van der Waals surface area contributed by atoms with E-state index in [1.165, 1.54) is 24.6 Å². The molecule has 1 atom stereocenters. The van der Waals surface area contributed by atoms with E-state index in [0.717, 1.165) is 6.07 Å². The zero-order valence-electron chi connectivity index (χ0n) is 16.6. The third-order valence-corrected chi connectivity index (χ3v) is 4.50. The fraction of sp³-hybridized carbons (Fsp3) is 0.286. The Morgan fingerprint density at radius 3 is 2.67 bits per heavy atom. The van der Waals surface area contributed by atoms with E-state index in [4.69, 9.17) is 9.15 Å². The topological polar surface area (TPSA) is 77.2 Å². The van der Waals surface area contributed by atoms with Crippen LogP contribution < -0.4 is 5.32 Å². The number of furan rings is 1. The second kappa shape index (κ2) is 8.91. The molecule has 0 saturated carbocycles. The average molecular weight is 480 g/mol. The van der Waals surface area contributed by atoms with Crippen LogP contribution in [0.1, 0.15) is 26.5 Å². The molecule has 0 aliphatic rings. The summed E-state index contributed by atoms with van der Waals surface area (Å²) in [6.45, 7) is 5.31. The van der Waals surface area contributed by atoms with Crippen LogP contribution in [-0.2, 0) is 16.0 Å². The Labute approximate surface area is 180 Å². The Morgan fingerprint density at radius 2 is 2.03 bits per heavy atom. The number of rotatable bonds is 6. The number of hydrogen-bond acceptors (Lipinski definition) is 6. The lowest BCUT2D eigenvalue weighted by molar-refractivity contribution is -0.155. The van der Waals surface area contributed by atoms with Crippen molar-refractivity contribution in [3.8, 4) is 11.3 Å². The summed E-state index contributed by atoms with van der Waals surface area (Å²) in [7, 11) is 0. The first-order chi connectivity index (χ1) is 14.1. The Morgan fingerprint density at radius 1 is 1.27 bits per heavy atom. The Bertz CT molecular complexity index is 1040. The molecular formula is C21H20BrF2N3O3. The molecule has 0 aliphatic heterocycles. The maximum Gasteiger partial charge on any atom is 0.329 e. The highest BCUT2D eigenvalue weighted by atomic mass is 79.9. The number of aromatic nitrogens is 2. The quantitative estimate of drug-likeness (QED) is 0.493. The van der Waals surface area contributed by atoms with Crippen LogP contribution in [0.15, 0.2) is 51.8 Å². The van der Waals surface area contributed by atoms with Gasteiger partial charge in [-0.3, -0.25) is 0 Å². The summed E-state index contributed by atoms with van der Waals surface area (Å²) < 4.78 is 38.6. The number of esters is 1. The molecule has 3 rings (SSSR count). The highest BCUT2D eigenvalue weighted by molar-refractivity contribution is 9.10. The number of anilines is 1. The average Bonchev–Trinajstić information content (AvgIpc) is 3.16. The van der Waals surface area contributed by atoms with Gasteiger partial charge in [-0.25, -0.2) is 23.5 Å². The highest BCUT2D eigenvalue weighted by Crippen LogP contribution is 2.27. The molecule has 1 aromatic carbocycles. The number of nitrogens with zero attached hydrogens (tertiary/aromatic N) is 2. The van der Waals surface area contributed by atoms with E-state index < -0.39 is 29.2 Å². The molecule has 9 heteroatoms. The van der Waals surface area contributed by atoms with Crippen molar-refractivity contribution < 1.29 is 22.7 Å². The second-order valence-corrected chi connectivity index (χ2v) is 8.26. The lowest BCUT2D eigenvalue weighted by Crippen LogP contribution is -2.38. The summed E-state index contributed by atoms with van der Waals surface area (Å²) in [5, 5.41) is 2.99. The second-order valence-electron chi connectivity index (χ2n) is 7.51. The van der Waals surface area contributed by atoms with Crippen LogP contribution in [0.5, 0.6) is 0 Å². The number of carbonyl (C=O) groups excluding carboxylic acids is 1. The number of ether oxygens (including phenoxy) is 1. The molecule has 0 aliphatic carbocycles. The summed E-state index contributed by atoms with van der Waals surface area (Å²) in [5.41, 5.74) is -0.555. The van der Waals surface area contributed by atoms with Crippen LogP contribution in [0.3, 0.4) is 0 Å². The third-order valence-electron chi connectivity index (χ3n) is 3.95. The van der Waals surface area contributed by atoms with Crippen LogP contribution in [0.2, 0.25) is 0 Å². The van der Waals surface area contributed by atoms with Gasteiger partial charge in [-0.05, 0) is 61.0 Å². The Balaban J connectivity index is 1.86. The van der Waals surface area contributed by atoms with E-state index in [-0.39, 0.29) is 28.1 Å². The van der Waals surface area contributed by atoms with Crippen molar-refractivity contribution in [1.82, 2.24) is 9.97 Å². The molecule has 0 spiro atoms. The summed E-state index contributed by atoms with van der Waals surface area (Å²) in [6, 6.07) is 6.48. The van der Waals surface area contributed by atoms with E-state index in [2.05, 4.69) is 31.2 Å². The highest BCUT2D eigenvalue weighted by Gasteiger charge is 2.27. The third kappa shape index (κ3) is 5.41. The van der Waals surface area contributed by atoms with Gasteiger partial charge < -0.3 is 14.5 Å². The predicted molar refractivity (Wildman–Crippen MR) is 111 cm³/mol. The Kier molecular flexibility index (Phi) is 6.50. The lowest BCUT2D eigenvalue weighted by Gasteiger charge is -2.24. The molecule has 0 saturated heterocycles. The molecule has 0 fully saturated rings. The van der Waals surface area contributed by atoms with Gasteiger partial charge in [0.25, 0.3) is 0 Å². The smallest absolute Gasteiger partial charge is 0.329 e. The van der Waals surface area contributed by atoms with Crippen molar-refractivity contribution in [3.63, 3.8) is 0 Å². The van der Waals surface area contributed by atoms with Crippen molar-refractivity contribution in [2.24, 2.45) is 0 Å². The van der Waals surface area contributed by atoms with Gasteiger partial charge in [0.1, 0.15) is 22.0 Å². The van der Waals surface area contributed by atoms with E-state index in [0.29, 0.717) is 5.76 Å². The van der Waals surface area contributed by atoms with Crippen molar-refractivity contribution in [3.05, 3.63) is 64.8 Å². The molecule has 3 aromatic rings. The van der Waals surface area contributed by atoms with Gasteiger partial charge >= 0.3 is 5.97 Å². The number of halogens is 3. The Hall–Kier alpha value is -2.81. The maximum atomic E-state index is 14.1. The van der Waals surface area contributed by atoms with Gasteiger partial charge in [-0.15, -0.1) is 0 Å². The van der Waals surface area contributed by atoms with Crippen molar-refractivity contribution in [1.29, 1.82) is 0 Å². The SMILES string of the molecule is CC(C)(C)OC(=O)C(Cc1ccco1)Nc1ncc(-c2cccc(F)c2F)nc1Br. The normalized spacial score (nSPS) is 12.5. The number of carbonyl (C=O) groups is 1. The van der Waals surface area contributed by atoms with E-state index in [1.807, 2.05) is 0 Å². The van der Waals surface area contributed by atoms with Gasteiger partial charge in [-0.2, -0.15) is 0 Å². The molecular weight excluding hydrogens is 460 g/mol. The molecule has 0 bridgehead atoms. The maximum absolute atomic E-state index is 14.1. The first-order valence-electron chi connectivity index (χ1n) is 9.13. The van der Waals surface area contributed by atoms with Crippen LogP contribution in [-0.4, -0.2) is 27.6 Å². The van der Waals surface area contributed by atoms with Crippen molar-refractivity contribution in [2.45, 2.75) is 38.8 Å². The van der Waals surface area contributed by atoms with Crippen LogP contribution >= 0.6 is 15.9 Å². The minimum absolute atomic E-state index is 0.0194.